The van der Waals surface area contributed by atoms with Crippen LogP contribution in [-0.2, 0) is 0 Å². The van der Waals surface area contributed by atoms with E-state index in [1.165, 1.54) is 0 Å². The van der Waals surface area contributed by atoms with Crippen molar-refractivity contribution in [1.82, 2.24) is 5.32 Å². The lowest BCUT2D eigenvalue weighted by Crippen LogP contribution is -2.22. The van der Waals surface area contributed by atoms with Gasteiger partial charge in [-0.25, -0.2) is 0 Å². The third kappa shape index (κ3) is 5.66. The number of hydrogen-bond donors (Lipinski definition) is 1. The van der Waals surface area contributed by atoms with Gasteiger partial charge in [0.1, 0.15) is 13.3 Å². The summed E-state index contributed by atoms with van der Waals surface area (Å²) in [4.78, 5) is 16.6. The fourth-order valence-corrected chi connectivity index (χ4v) is 3.54. The van der Waals surface area contributed by atoms with Crippen LogP contribution in [0.1, 0.15) is 36.5 Å². The number of Topliss-reactive ketones (excluding diaryl/α,β-unsaturated/α-hetero) is 1. The van der Waals surface area contributed by atoms with E-state index < -0.39 is 0 Å². The van der Waals surface area contributed by atoms with Crippen molar-refractivity contribution < 1.29 is 14.3 Å². The van der Waals surface area contributed by atoms with E-state index in [0.29, 0.717) is 19.6 Å². The summed E-state index contributed by atoms with van der Waals surface area (Å²) in [6.07, 6.45) is 2.41. The molecule has 0 spiro atoms. The van der Waals surface area contributed by atoms with Gasteiger partial charge in [0, 0.05) is 32.6 Å². The first-order valence-electron chi connectivity index (χ1n) is 10.6. The maximum atomic E-state index is 12.5. The Bertz CT molecular complexity index is 840. The molecule has 6 heteroatoms. The number of unbranched alkanes of at least 4 members (excludes halogenated alkanes) is 1. The topological polar surface area (TPSA) is 54.0 Å². The van der Waals surface area contributed by atoms with Gasteiger partial charge in [-0.15, -0.1) is 0 Å². The van der Waals surface area contributed by atoms with Crippen LogP contribution in [0.25, 0.3) is 0 Å². The van der Waals surface area contributed by atoms with Crippen molar-refractivity contribution in [3.63, 3.8) is 0 Å². The van der Waals surface area contributed by atoms with Crippen LogP contribution in [0, 0.1) is 6.67 Å². The van der Waals surface area contributed by atoms with Crippen LogP contribution < -0.4 is 24.6 Å². The lowest BCUT2D eigenvalue weighted by atomic mass is 10.0. The van der Waals surface area contributed by atoms with Gasteiger partial charge in [-0.1, -0.05) is 12.1 Å². The van der Waals surface area contributed by atoms with Gasteiger partial charge in [0.15, 0.2) is 17.3 Å². The summed E-state index contributed by atoms with van der Waals surface area (Å²) >= 11 is 0. The molecule has 0 unspecified atom stereocenters. The highest BCUT2D eigenvalue weighted by molar-refractivity contribution is 5.98. The van der Waals surface area contributed by atoms with E-state index in [1.807, 2.05) is 75.1 Å². The number of ketones is 1. The molecule has 1 aliphatic rings. The molecule has 3 rings (SSSR count). The zero-order valence-corrected chi connectivity index (χ0v) is 18.2. The Hall–Kier alpha value is -2.73. The second kappa shape index (κ2) is 10.9. The molecule has 161 valence electrons. The Kier molecular flexibility index (Phi) is 7.97. The summed E-state index contributed by atoms with van der Waals surface area (Å²) in [5.41, 5.74) is 3.00. The minimum atomic E-state index is 0.205. The lowest BCUT2D eigenvalue weighted by molar-refractivity contribution is 0.0979. The van der Waals surface area contributed by atoms with Crippen LogP contribution >= 0.6 is 0 Å². The first-order valence-corrected chi connectivity index (χ1v) is 10.6. The Labute approximate surface area is 179 Å². The quantitative estimate of drug-likeness (QED) is 0.420. The predicted molar refractivity (Wildman–Crippen MR) is 122 cm³/mol. The van der Waals surface area contributed by atoms with Crippen LogP contribution in [0.15, 0.2) is 42.5 Å². The Morgan fingerprint density at radius 2 is 1.67 bits per heavy atom. The van der Waals surface area contributed by atoms with Gasteiger partial charge in [-0.05, 0) is 56.6 Å². The van der Waals surface area contributed by atoms with Crippen molar-refractivity contribution in [2.75, 3.05) is 50.2 Å². The molecule has 0 saturated carbocycles. The summed E-state index contributed by atoms with van der Waals surface area (Å²) in [7, 11) is 4.01. The molecule has 1 N–H and O–H groups in total. The van der Waals surface area contributed by atoms with E-state index >= 15 is 0 Å². The SMILES string of the molecule is CCOc1ccccc1OCCNCCCCC(=O)c1ccc2c(c1)N(C)[CH]N2C. The molecule has 0 atom stereocenters. The number of anilines is 2. The molecule has 1 aliphatic heterocycles. The third-order valence-corrected chi connectivity index (χ3v) is 5.10. The molecule has 30 heavy (non-hydrogen) atoms. The lowest BCUT2D eigenvalue weighted by Gasteiger charge is -2.12. The summed E-state index contributed by atoms with van der Waals surface area (Å²) in [5.74, 6) is 1.76. The molecule has 0 bridgehead atoms. The standard InChI is InChI=1S/C24H32N3O3/c1-4-29-23-10-5-6-11-24(23)30-16-15-25-14-8-7-9-22(28)19-12-13-20-21(17-19)27(3)18-26(20)2/h5-6,10-13,17-18,25H,4,7-9,14-16H2,1-3H3. The van der Waals surface area contributed by atoms with Crippen LogP contribution in [0.2, 0.25) is 0 Å². The van der Waals surface area contributed by atoms with Crippen molar-refractivity contribution in [3.8, 4) is 11.5 Å². The van der Waals surface area contributed by atoms with E-state index in [9.17, 15) is 4.79 Å². The first kappa shape index (κ1) is 22.0. The molecule has 0 aliphatic carbocycles. The van der Waals surface area contributed by atoms with E-state index in [0.717, 1.165) is 54.4 Å². The molecular formula is C24H32N3O3. The molecule has 6 nitrogen and oxygen atoms in total. The van der Waals surface area contributed by atoms with Gasteiger partial charge in [-0.3, -0.25) is 4.79 Å². The molecular weight excluding hydrogens is 378 g/mol. The average molecular weight is 411 g/mol. The van der Waals surface area contributed by atoms with Crippen molar-refractivity contribution >= 4 is 17.2 Å². The number of nitrogens with zero attached hydrogens (tertiary/aromatic N) is 2. The van der Waals surface area contributed by atoms with Gasteiger partial charge in [0.05, 0.1) is 18.0 Å². The molecule has 0 aromatic heterocycles. The third-order valence-electron chi connectivity index (χ3n) is 5.10. The molecule has 1 heterocycles. The van der Waals surface area contributed by atoms with E-state index in [1.54, 1.807) is 0 Å². The summed E-state index contributed by atoms with van der Waals surface area (Å²) in [6.45, 7) is 6.81. The summed E-state index contributed by atoms with van der Waals surface area (Å²) in [6, 6.07) is 13.7. The van der Waals surface area contributed by atoms with Crippen LogP contribution in [-0.4, -0.2) is 46.2 Å². The van der Waals surface area contributed by atoms with Crippen molar-refractivity contribution in [2.45, 2.75) is 26.2 Å². The van der Waals surface area contributed by atoms with Gasteiger partial charge in [0.25, 0.3) is 0 Å². The van der Waals surface area contributed by atoms with E-state index in [-0.39, 0.29) is 5.78 Å². The highest BCUT2D eigenvalue weighted by Gasteiger charge is 2.22. The Morgan fingerprint density at radius 3 is 2.43 bits per heavy atom. The van der Waals surface area contributed by atoms with Crippen LogP contribution in [0.3, 0.4) is 0 Å². The van der Waals surface area contributed by atoms with Gasteiger partial charge in [-0.2, -0.15) is 0 Å². The highest BCUT2D eigenvalue weighted by Crippen LogP contribution is 2.36. The number of para-hydroxylation sites is 2. The van der Waals surface area contributed by atoms with Gasteiger partial charge >= 0.3 is 0 Å². The maximum absolute atomic E-state index is 12.5. The largest absolute Gasteiger partial charge is 0.490 e. The number of fused-ring (bicyclic) bond motifs is 1. The predicted octanol–water partition coefficient (Wildman–Crippen LogP) is 4.11. The fraction of sp³-hybridized carbons (Fsp3) is 0.417. The molecule has 0 fully saturated rings. The maximum Gasteiger partial charge on any atom is 0.162 e. The second-order valence-corrected chi connectivity index (χ2v) is 7.40. The molecule has 2 aromatic rings. The van der Waals surface area contributed by atoms with E-state index in [4.69, 9.17) is 9.47 Å². The summed E-state index contributed by atoms with van der Waals surface area (Å²) < 4.78 is 11.4. The molecule has 0 amide bonds. The Morgan fingerprint density at radius 1 is 0.933 bits per heavy atom. The number of nitrogens with one attached hydrogen (secondary N) is 1. The van der Waals surface area contributed by atoms with Gasteiger partial charge in [0.2, 0.25) is 0 Å². The molecule has 1 radical (unpaired) electrons. The number of rotatable bonds is 12. The number of carbonyl (C=O) groups excluding carboxylic acids is 1. The molecule has 0 saturated heterocycles. The van der Waals surface area contributed by atoms with Gasteiger partial charge < -0.3 is 24.6 Å². The monoisotopic (exact) mass is 410 g/mol. The number of hydrogen-bond acceptors (Lipinski definition) is 6. The highest BCUT2D eigenvalue weighted by atomic mass is 16.5. The van der Waals surface area contributed by atoms with E-state index in [2.05, 4.69) is 10.2 Å². The zero-order chi connectivity index (χ0) is 21.3. The van der Waals surface area contributed by atoms with Crippen molar-refractivity contribution in [3.05, 3.63) is 54.7 Å². The van der Waals surface area contributed by atoms with Crippen molar-refractivity contribution in [2.24, 2.45) is 0 Å². The van der Waals surface area contributed by atoms with Crippen molar-refractivity contribution in [1.29, 1.82) is 0 Å². The minimum Gasteiger partial charge on any atom is -0.490 e. The summed E-state index contributed by atoms with van der Waals surface area (Å²) in [5, 5.41) is 3.37. The number of carbonyl (C=O) groups is 1. The molecule has 2 aromatic carbocycles. The normalized spacial score (nSPS) is 12.8. The fourth-order valence-electron chi connectivity index (χ4n) is 3.54. The second-order valence-electron chi connectivity index (χ2n) is 7.40. The number of ether oxygens (including phenoxy) is 2. The average Bonchev–Trinajstić information content (AvgIpc) is 3.04. The zero-order valence-electron chi connectivity index (χ0n) is 18.2. The van der Waals surface area contributed by atoms with Crippen LogP contribution in [0.5, 0.6) is 11.5 Å². The number of benzene rings is 2. The smallest absolute Gasteiger partial charge is 0.162 e. The first-order chi connectivity index (χ1) is 14.6. The van der Waals surface area contributed by atoms with Crippen LogP contribution in [0.4, 0.5) is 11.4 Å². The minimum absolute atomic E-state index is 0.205. The Balaban J connectivity index is 1.31.